The molecular weight excluding hydrogens is 440 g/mol. The number of esters is 1. The first-order chi connectivity index (χ1) is 15.9. The second kappa shape index (κ2) is 11.8. The molecule has 0 aliphatic heterocycles. The van der Waals surface area contributed by atoms with Gasteiger partial charge in [-0.25, -0.2) is 0 Å². The Morgan fingerprint density at radius 1 is 0.909 bits per heavy atom. The Bertz CT molecular complexity index is 1100. The van der Waals surface area contributed by atoms with Gasteiger partial charge < -0.3 is 15.4 Å². The van der Waals surface area contributed by atoms with E-state index in [1.807, 2.05) is 49.4 Å². The van der Waals surface area contributed by atoms with Gasteiger partial charge in [-0.3, -0.25) is 14.4 Å². The number of amides is 2. The number of benzene rings is 3. The van der Waals surface area contributed by atoms with Crippen LogP contribution in [0.2, 0.25) is 5.02 Å². The lowest BCUT2D eigenvalue weighted by Gasteiger charge is -2.19. The van der Waals surface area contributed by atoms with Crippen molar-refractivity contribution >= 4 is 29.4 Å². The molecule has 6 nitrogen and oxygen atoms in total. The van der Waals surface area contributed by atoms with E-state index in [9.17, 15) is 14.4 Å². The first-order valence-electron chi connectivity index (χ1n) is 10.5. The van der Waals surface area contributed by atoms with Crippen molar-refractivity contribution < 1.29 is 19.1 Å². The molecule has 33 heavy (non-hydrogen) atoms. The summed E-state index contributed by atoms with van der Waals surface area (Å²) in [6, 6.07) is 22.9. The molecule has 0 heterocycles. The zero-order valence-corrected chi connectivity index (χ0v) is 19.0. The fourth-order valence-electron chi connectivity index (χ4n) is 3.15. The molecule has 7 heteroatoms. The van der Waals surface area contributed by atoms with Crippen LogP contribution in [0, 0.1) is 6.92 Å². The van der Waals surface area contributed by atoms with E-state index < -0.39 is 30.4 Å². The minimum absolute atomic E-state index is 0.133. The highest BCUT2D eigenvalue weighted by Gasteiger charge is 2.21. The van der Waals surface area contributed by atoms with Crippen molar-refractivity contribution in [1.29, 1.82) is 0 Å². The maximum absolute atomic E-state index is 12.7. The maximum atomic E-state index is 12.7. The molecule has 2 N–H and O–H groups in total. The Morgan fingerprint density at radius 3 is 2.27 bits per heavy atom. The lowest BCUT2D eigenvalue weighted by atomic mass is 10.0. The average Bonchev–Trinajstić information content (AvgIpc) is 2.82. The van der Waals surface area contributed by atoms with Crippen LogP contribution in [0.1, 0.15) is 39.5 Å². The quantitative estimate of drug-likeness (QED) is 0.460. The predicted octanol–water partition coefficient (Wildman–Crippen LogP) is 4.37. The molecule has 0 aliphatic rings. The molecule has 1 atom stereocenters. The molecule has 0 saturated carbocycles. The van der Waals surface area contributed by atoms with E-state index in [4.69, 9.17) is 16.3 Å². The summed E-state index contributed by atoms with van der Waals surface area (Å²) in [5.41, 5.74) is 3.13. The Labute approximate surface area is 197 Å². The van der Waals surface area contributed by atoms with E-state index in [0.717, 1.165) is 16.7 Å². The van der Waals surface area contributed by atoms with E-state index in [1.54, 1.807) is 36.4 Å². The minimum atomic E-state index is -0.641. The molecule has 0 fully saturated rings. The third kappa shape index (κ3) is 7.47. The summed E-state index contributed by atoms with van der Waals surface area (Å²) in [7, 11) is 0. The molecule has 3 aromatic carbocycles. The highest BCUT2D eigenvalue weighted by atomic mass is 35.5. The first-order valence-corrected chi connectivity index (χ1v) is 10.9. The molecule has 0 saturated heterocycles. The van der Waals surface area contributed by atoms with Crippen LogP contribution < -0.4 is 10.6 Å². The Hall–Kier alpha value is -3.64. The van der Waals surface area contributed by atoms with Crippen molar-refractivity contribution in [3.8, 4) is 0 Å². The number of hydrogen-bond acceptors (Lipinski definition) is 4. The van der Waals surface area contributed by atoms with E-state index in [0.29, 0.717) is 17.1 Å². The molecule has 170 valence electrons. The normalized spacial score (nSPS) is 11.3. The maximum Gasteiger partial charge on any atom is 0.308 e. The van der Waals surface area contributed by atoms with Gasteiger partial charge in [0.1, 0.15) is 0 Å². The van der Waals surface area contributed by atoms with Crippen LogP contribution in [-0.2, 0) is 20.9 Å². The second-order valence-electron chi connectivity index (χ2n) is 7.54. The van der Waals surface area contributed by atoms with Gasteiger partial charge in [0.05, 0.1) is 23.0 Å². The first kappa shape index (κ1) is 24.0. The zero-order valence-electron chi connectivity index (χ0n) is 18.2. The van der Waals surface area contributed by atoms with Gasteiger partial charge in [0.25, 0.3) is 11.8 Å². The smallest absolute Gasteiger partial charge is 0.308 e. The molecule has 0 bridgehead atoms. The third-order valence-corrected chi connectivity index (χ3v) is 5.30. The number of ether oxygens (including phenoxy) is 1. The van der Waals surface area contributed by atoms with E-state index in [1.165, 1.54) is 0 Å². The van der Waals surface area contributed by atoms with Crippen molar-refractivity contribution in [2.24, 2.45) is 0 Å². The number of carbonyl (C=O) groups is 3. The molecule has 1 unspecified atom stereocenters. The van der Waals surface area contributed by atoms with Crippen molar-refractivity contribution in [1.82, 2.24) is 10.6 Å². The Kier molecular flexibility index (Phi) is 8.61. The van der Waals surface area contributed by atoms with Crippen LogP contribution in [-0.4, -0.2) is 24.4 Å². The van der Waals surface area contributed by atoms with Crippen LogP contribution in [0.3, 0.4) is 0 Å². The summed E-state index contributed by atoms with van der Waals surface area (Å²) in [5.74, 6) is -1.41. The fraction of sp³-hybridized carbons (Fsp3) is 0.192. The van der Waals surface area contributed by atoms with Crippen molar-refractivity contribution in [3.05, 3.63) is 106 Å². The molecule has 0 aromatic heterocycles. The van der Waals surface area contributed by atoms with Crippen LogP contribution >= 0.6 is 11.6 Å². The summed E-state index contributed by atoms with van der Waals surface area (Å²) in [4.78, 5) is 37.2. The summed E-state index contributed by atoms with van der Waals surface area (Å²) >= 11 is 6.12. The number of halogens is 1. The van der Waals surface area contributed by atoms with E-state index in [2.05, 4.69) is 10.6 Å². The number of nitrogens with one attached hydrogen (secondary N) is 2. The van der Waals surface area contributed by atoms with Gasteiger partial charge in [0, 0.05) is 6.54 Å². The molecule has 3 rings (SSSR count). The van der Waals surface area contributed by atoms with Gasteiger partial charge in [-0.05, 0) is 30.2 Å². The third-order valence-electron chi connectivity index (χ3n) is 4.97. The van der Waals surface area contributed by atoms with Gasteiger partial charge >= 0.3 is 5.97 Å². The number of rotatable bonds is 9. The zero-order chi connectivity index (χ0) is 23.6. The summed E-state index contributed by atoms with van der Waals surface area (Å²) < 4.78 is 5.15. The van der Waals surface area contributed by atoms with E-state index >= 15 is 0 Å². The van der Waals surface area contributed by atoms with Crippen LogP contribution in [0.25, 0.3) is 0 Å². The Balaban J connectivity index is 1.56. The van der Waals surface area contributed by atoms with Crippen molar-refractivity contribution in [2.45, 2.75) is 25.9 Å². The monoisotopic (exact) mass is 464 g/mol. The second-order valence-corrected chi connectivity index (χ2v) is 7.95. The largest absolute Gasteiger partial charge is 0.456 e. The van der Waals surface area contributed by atoms with Gasteiger partial charge in [-0.1, -0.05) is 83.9 Å². The minimum Gasteiger partial charge on any atom is -0.456 e. The SMILES string of the molecule is Cc1ccc(CNC(=O)COC(=O)CC(NC(=O)c2ccccc2Cl)c2ccccc2)cc1. The van der Waals surface area contributed by atoms with Crippen LogP contribution in [0.15, 0.2) is 78.9 Å². The van der Waals surface area contributed by atoms with E-state index in [-0.39, 0.29) is 6.42 Å². The summed E-state index contributed by atoms with van der Waals surface area (Å²) in [5, 5.41) is 5.87. The molecule has 0 spiro atoms. The Morgan fingerprint density at radius 2 is 1.58 bits per heavy atom. The van der Waals surface area contributed by atoms with Gasteiger partial charge in [-0.15, -0.1) is 0 Å². The molecule has 3 aromatic rings. The number of hydrogen-bond donors (Lipinski definition) is 2. The average molecular weight is 465 g/mol. The lowest BCUT2D eigenvalue weighted by molar-refractivity contribution is -0.149. The molecule has 0 radical (unpaired) electrons. The van der Waals surface area contributed by atoms with Crippen LogP contribution in [0.4, 0.5) is 0 Å². The summed E-state index contributed by atoms with van der Waals surface area (Å²) in [6.07, 6.45) is -0.133. The standard InChI is InChI=1S/C26H25ClN2O4/c1-18-11-13-19(14-12-18)16-28-24(30)17-33-25(31)15-23(20-7-3-2-4-8-20)29-26(32)21-9-5-6-10-22(21)27/h2-14,23H,15-17H2,1H3,(H,28,30)(H,29,32). The van der Waals surface area contributed by atoms with Gasteiger partial charge in [-0.2, -0.15) is 0 Å². The fourth-order valence-corrected chi connectivity index (χ4v) is 3.37. The van der Waals surface area contributed by atoms with Crippen LogP contribution in [0.5, 0.6) is 0 Å². The van der Waals surface area contributed by atoms with Gasteiger partial charge in [0.15, 0.2) is 6.61 Å². The van der Waals surface area contributed by atoms with Crippen molar-refractivity contribution in [3.63, 3.8) is 0 Å². The molecule has 0 aliphatic carbocycles. The molecule has 2 amide bonds. The number of carbonyl (C=O) groups excluding carboxylic acids is 3. The topological polar surface area (TPSA) is 84.5 Å². The summed E-state index contributed by atoms with van der Waals surface area (Å²) in [6.45, 7) is 1.93. The highest BCUT2D eigenvalue weighted by molar-refractivity contribution is 6.33. The highest BCUT2D eigenvalue weighted by Crippen LogP contribution is 2.20. The molecular formula is C26H25ClN2O4. The van der Waals surface area contributed by atoms with Crippen molar-refractivity contribution in [2.75, 3.05) is 6.61 Å². The predicted molar refractivity (Wildman–Crippen MR) is 127 cm³/mol. The van der Waals surface area contributed by atoms with Gasteiger partial charge in [0.2, 0.25) is 0 Å². The number of aryl methyl sites for hydroxylation is 1. The lowest BCUT2D eigenvalue weighted by Crippen LogP contribution is -2.32.